The molecule has 3 aromatic rings. The Kier molecular flexibility index (Phi) is 4.08. The van der Waals surface area contributed by atoms with Crippen LogP contribution in [0.3, 0.4) is 0 Å². The molecule has 0 saturated heterocycles. The average molecular weight is 368 g/mol. The number of nitrogens with two attached hydrogens (primary N) is 1. The fraction of sp³-hybridized carbons (Fsp3) is 0.133. The number of halogens is 2. The largest absolute Gasteiger partial charge is 0.324 e. The number of hydrogen-bond acceptors (Lipinski definition) is 3. The Bertz CT molecular complexity index is 723. The Morgan fingerprint density at radius 2 is 2.05 bits per heavy atom. The molecule has 0 saturated carbocycles. The number of rotatable bonds is 3. The van der Waals surface area contributed by atoms with Gasteiger partial charge >= 0.3 is 0 Å². The molecular weight excluding hydrogens is 356 g/mol. The van der Waals surface area contributed by atoms with Crippen molar-refractivity contribution in [2.24, 2.45) is 5.73 Å². The van der Waals surface area contributed by atoms with E-state index in [0.29, 0.717) is 11.4 Å². The Hall–Kier alpha value is -0.940. The molecule has 2 N–H and O–H groups in total. The summed E-state index contributed by atoms with van der Waals surface area (Å²) in [6.07, 6.45) is 0.707. The van der Waals surface area contributed by atoms with E-state index in [9.17, 15) is 0 Å². The molecule has 2 nitrogen and oxygen atoms in total. The standard InChI is InChI=1S/C15H12BrClN2S/c16-11-6-5-9(17)7-10(11)12(18)8-15-19-13-3-1-2-4-14(13)20-15/h1-7,12H,8,18H2. The number of aromatic nitrogens is 1. The van der Waals surface area contributed by atoms with Gasteiger partial charge in [-0.25, -0.2) is 4.98 Å². The number of para-hydroxylation sites is 1. The van der Waals surface area contributed by atoms with Gasteiger partial charge < -0.3 is 5.73 Å². The highest BCUT2D eigenvalue weighted by Gasteiger charge is 2.14. The first kappa shape index (κ1) is 14.0. The summed E-state index contributed by atoms with van der Waals surface area (Å²) in [6.45, 7) is 0. The van der Waals surface area contributed by atoms with Gasteiger partial charge in [0.15, 0.2) is 0 Å². The molecule has 0 bridgehead atoms. The molecule has 1 heterocycles. The summed E-state index contributed by atoms with van der Waals surface area (Å²) in [5, 5.41) is 1.74. The Labute approximate surface area is 134 Å². The second-order valence-corrected chi connectivity index (χ2v) is 6.96. The topological polar surface area (TPSA) is 38.9 Å². The molecule has 0 amide bonds. The van der Waals surface area contributed by atoms with Gasteiger partial charge in [-0.15, -0.1) is 11.3 Å². The molecular formula is C15H12BrClN2S. The third-order valence-corrected chi connectivity index (χ3v) is 5.11. The van der Waals surface area contributed by atoms with Crippen LogP contribution in [0.4, 0.5) is 0 Å². The summed E-state index contributed by atoms with van der Waals surface area (Å²) < 4.78 is 2.18. The van der Waals surface area contributed by atoms with E-state index >= 15 is 0 Å². The summed E-state index contributed by atoms with van der Waals surface area (Å²) >= 11 is 11.3. The van der Waals surface area contributed by atoms with Crippen LogP contribution in [0, 0.1) is 0 Å². The molecule has 1 aromatic heterocycles. The fourth-order valence-electron chi connectivity index (χ4n) is 2.10. The van der Waals surface area contributed by atoms with Crippen molar-refractivity contribution in [1.29, 1.82) is 0 Å². The lowest BCUT2D eigenvalue weighted by atomic mass is 10.1. The third kappa shape index (κ3) is 2.88. The average Bonchev–Trinajstić information content (AvgIpc) is 2.83. The van der Waals surface area contributed by atoms with Crippen molar-refractivity contribution >= 4 is 49.1 Å². The molecule has 102 valence electrons. The summed E-state index contributed by atoms with van der Waals surface area (Å²) in [7, 11) is 0. The monoisotopic (exact) mass is 366 g/mol. The van der Waals surface area contributed by atoms with Crippen LogP contribution in [0.5, 0.6) is 0 Å². The van der Waals surface area contributed by atoms with E-state index in [4.69, 9.17) is 17.3 Å². The maximum atomic E-state index is 6.30. The predicted octanol–water partition coefficient (Wildman–Crippen LogP) is 4.95. The van der Waals surface area contributed by atoms with Crippen molar-refractivity contribution in [3.8, 4) is 0 Å². The number of hydrogen-bond donors (Lipinski definition) is 1. The zero-order chi connectivity index (χ0) is 14.1. The number of thiazole rings is 1. The smallest absolute Gasteiger partial charge is 0.0957 e. The van der Waals surface area contributed by atoms with Crippen LogP contribution in [-0.2, 0) is 6.42 Å². The van der Waals surface area contributed by atoms with E-state index in [-0.39, 0.29) is 6.04 Å². The number of fused-ring (bicyclic) bond motifs is 1. The minimum Gasteiger partial charge on any atom is -0.324 e. The molecule has 20 heavy (non-hydrogen) atoms. The molecule has 5 heteroatoms. The fourth-order valence-corrected chi connectivity index (χ4v) is 3.85. The van der Waals surface area contributed by atoms with Crippen molar-refractivity contribution in [3.63, 3.8) is 0 Å². The Morgan fingerprint density at radius 3 is 2.85 bits per heavy atom. The van der Waals surface area contributed by atoms with Gasteiger partial charge in [-0.3, -0.25) is 0 Å². The van der Waals surface area contributed by atoms with Crippen LogP contribution in [0.25, 0.3) is 10.2 Å². The zero-order valence-electron chi connectivity index (χ0n) is 10.5. The van der Waals surface area contributed by atoms with Gasteiger partial charge in [-0.2, -0.15) is 0 Å². The van der Waals surface area contributed by atoms with Gasteiger partial charge in [0.05, 0.1) is 15.2 Å². The molecule has 1 atom stereocenters. The molecule has 0 spiro atoms. The van der Waals surface area contributed by atoms with Crippen molar-refractivity contribution in [1.82, 2.24) is 4.98 Å². The van der Waals surface area contributed by atoms with E-state index in [2.05, 4.69) is 27.0 Å². The van der Waals surface area contributed by atoms with Crippen LogP contribution in [0.2, 0.25) is 5.02 Å². The quantitative estimate of drug-likeness (QED) is 0.711. The van der Waals surface area contributed by atoms with Gasteiger partial charge in [0.2, 0.25) is 0 Å². The van der Waals surface area contributed by atoms with Crippen molar-refractivity contribution in [2.75, 3.05) is 0 Å². The van der Waals surface area contributed by atoms with E-state index in [0.717, 1.165) is 20.6 Å². The van der Waals surface area contributed by atoms with Crippen LogP contribution in [-0.4, -0.2) is 4.98 Å². The highest BCUT2D eigenvalue weighted by molar-refractivity contribution is 9.10. The lowest BCUT2D eigenvalue weighted by Crippen LogP contribution is -2.13. The second kappa shape index (κ2) is 5.82. The lowest BCUT2D eigenvalue weighted by Gasteiger charge is -2.12. The minimum atomic E-state index is -0.122. The molecule has 2 aromatic carbocycles. The second-order valence-electron chi connectivity index (χ2n) is 4.55. The van der Waals surface area contributed by atoms with Crippen LogP contribution < -0.4 is 5.73 Å². The van der Waals surface area contributed by atoms with Gasteiger partial charge in [-0.1, -0.05) is 39.7 Å². The molecule has 0 aliphatic rings. The predicted molar refractivity (Wildman–Crippen MR) is 89.4 cm³/mol. The van der Waals surface area contributed by atoms with E-state index in [1.54, 1.807) is 11.3 Å². The molecule has 0 aliphatic heterocycles. The summed E-state index contributed by atoms with van der Waals surface area (Å²) in [6, 6.07) is 13.7. The van der Waals surface area contributed by atoms with E-state index in [1.807, 2.05) is 36.4 Å². The van der Waals surface area contributed by atoms with Crippen molar-refractivity contribution in [3.05, 3.63) is 62.5 Å². The lowest BCUT2D eigenvalue weighted by molar-refractivity contribution is 0.716. The highest BCUT2D eigenvalue weighted by Crippen LogP contribution is 2.30. The third-order valence-electron chi connectivity index (χ3n) is 3.09. The zero-order valence-corrected chi connectivity index (χ0v) is 13.7. The van der Waals surface area contributed by atoms with Crippen LogP contribution in [0.15, 0.2) is 46.9 Å². The molecule has 3 rings (SSSR count). The number of nitrogens with zero attached hydrogens (tertiary/aromatic N) is 1. The summed E-state index contributed by atoms with van der Waals surface area (Å²) in [4.78, 5) is 4.62. The molecule has 0 aliphatic carbocycles. The first-order chi connectivity index (χ1) is 9.63. The maximum Gasteiger partial charge on any atom is 0.0957 e. The van der Waals surface area contributed by atoms with Crippen molar-refractivity contribution < 1.29 is 0 Å². The van der Waals surface area contributed by atoms with Gasteiger partial charge in [0.25, 0.3) is 0 Å². The summed E-state index contributed by atoms with van der Waals surface area (Å²) in [5.74, 6) is 0. The Morgan fingerprint density at radius 1 is 1.25 bits per heavy atom. The first-order valence-corrected chi connectivity index (χ1v) is 8.17. The molecule has 1 unspecified atom stereocenters. The van der Waals surface area contributed by atoms with Crippen LogP contribution in [0.1, 0.15) is 16.6 Å². The van der Waals surface area contributed by atoms with Crippen LogP contribution >= 0.6 is 38.9 Å². The van der Waals surface area contributed by atoms with Gasteiger partial charge in [-0.05, 0) is 35.9 Å². The SMILES string of the molecule is NC(Cc1nc2ccccc2s1)c1cc(Cl)ccc1Br. The van der Waals surface area contributed by atoms with Gasteiger partial charge in [0, 0.05) is 22.0 Å². The molecule has 0 radical (unpaired) electrons. The first-order valence-electron chi connectivity index (χ1n) is 6.18. The maximum absolute atomic E-state index is 6.30. The van der Waals surface area contributed by atoms with E-state index in [1.165, 1.54) is 4.70 Å². The Balaban J connectivity index is 1.88. The minimum absolute atomic E-state index is 0.122. The summed E-state index contributed by atoms with van der Waals surface area (Å²) in [5.41, 5.74) is 8.34. The normalized spacial score (nSPS) is 12.8. The molecule has 0 fully saturated rings. The van der Waals surface area contributed by atoms with Crippen molar-refractivity contribution in [2.45, 2.75) is 12.5 Å². The highest BCUT2D eigenvalue weighted by atomic mass is 79.9. The van der Waals surface area contributed by atoms with E-state index < -0.39 is 0 Å². The number of benzene rings is 2. The van der Waals surface area contributed by atoms with Gasteiger partial charge in [0.1, 0.15) is 0 Å².